The van der Waals surface area contributed by atoms with Gasteiger partial charge in [-0.1, -0.05) is 36.4 Å². The lowest BCUT2D eigenvalue weighted by molar-refractivity contribution is 0.538. The van der Waals surface area contributed by atoms with Gasteiger partial charge in [-0.25, -0.2) is 14.5 Å². The number of nitrogens with one attached hydrogen (secondary N) is 2. The van der Waals surface area contributed by atoms with Crippen molar-refractivity contribution in [2.24, 2.45) is 5.92 Å². The molecule has 2 heterocycles. The largest absolute Gasteiger partial charge is 0.382 e. The number of nitrogens with two attached hydrogens (primary N) is 1. The summed E-state index contributed by atoms with van der Waals surface area (Å²) >= 11 is 0. The first-order valence-electron chi connectivity index (χ1n) is 9.32. The number of anilines is 1. The molecule has 1 aliphatic heterocycles. The second kappa shape index (κ2) is 8.18. The predicted molar refractivity (Wildman–Crippen MR) is 110 cm³/mol. The first-order chi connectivity index (χ1) is 14.6. The number of hydrogen-bond donors (Lipinski definition) is 3. The Hall–Kier alpha value is -3.98. The Bertz CT molecular complexity index is 1170. The molecule has 1 aromatic heterocycles. The van der Waals surface area contributed by atoms with Crippen LogP contribution < -0.4 is 16.6 Å². The minimum absolute atomic E-state index is 0.111. The van der Waals surface area contributed by atoms with Gasteiger partial charge in [-0.2, -0.15) is 15.6 Å². The predicted octanol–water partition coefficient (Wildman–Crippen LogP) is 2.84. The number of aromatic nitrogens is 2. The van der Waals surface area contributed by atoms with E-state index in [2.05, 4.69) is 28.1 Å². The zero-order valence-electron chi connectivity index (χ0n) is 15.9. The molecule has 2 aromatic carbocycles. The Morgan fingerprint density at radius 2 is 1.90 bits per heavy atom. The molecule has 148 valence electrons. The summed E-state index contributed by atoms with van der Waals surface area (Å²) in [5.74, 6) is -0.243. The lowest BCUT2D eigenvalue weighted by Gasteiger charge is -2.16. The second-order valence-electron chi connectivity index (χ2n) is 6.88. The number of hydrogen-bond acceptors (Lipinski definition) is 6. The van der Waals surface area contributed by atoms with E-state index in [0.717, 1.165) is 5.56 Å². The molecule has 2 atom stereocenters. The first kappa shape index (κ1) is 19.3. The van der Waals surface area contributed by atoms with Crippen molar-refractivity contribution >= 4 is 11.4 Å². The summed E-state index contributed by atoms with van der Waals surface area (Å²) in [6.07, 6.45) is 1.78. The van der Waals surface area contributed by atoms with Crippen LogP contribution >= 0.6 is 0 Å². The van der Waals surface area contributed by atoms with Crippen LogP contribution in [0.3, 0.4) is 0 Å². The summed E-state index contributed by atoms with van der Waals surface area (Å²) in [5, 5.41) is 23.9. The zero-order valence-corrected chi connectivity index (χ0v) is 15.9. The van der Waals surface area contributed by atoms with Gasteiger partial charge in [-0.05, 0) is 29.8 Å². The Morgan fingerprint density at radius 1 is 1.17 bits per heavy atom. The van der Waals surface area contributed by atoms with E-state index in [4.69, 9.17) is 5.73 Å². The highest BCUT2D eigenvalue weighted by atomic mass is 19.1. The molecular weight excluding hydrogens is 381 g/mol. The maximum Gasteiger partial charge on any atom is 0.145 e. The lowest BCUT2D eigenvalue weighted by atomic mass is 9.92. The smallest absolute Gasteiger partial charge is 0.145 e. The highest BCUT2D eigenvalue weighted by Crippen LogP contribution is 2.31. The van der Waals surface area contributed by atoms with Crippen molar-refractivity contribution in [3.63, 3.8) is 0 Å². The summed E-state index contributed by atoms with van der Waals surface area (Å²) in [4.78, 5) is 0. The first-order valence-corrected chi connectivity index (χ1v) is 9.32. The van der Waals surface area contributed by atoms with Gasteiger partial charge < -0.3 is 5.73 Å². The number of nitriles is 2. The van der Waals surface area contributed by atoms with Crippen LogP contribution in [0.15, 0.2) is 60.7 Å². The molecule has 30 heavy (non-hydrogen) atoms. The highest BCUT2D eigenvalue weighted by Gasteiger charge is 2.29. The summed E-state index contributed by atoms with van der Waals surface area (Å²) in [6, 6.07) is 19.5. The molecule has 0 bridgehead atoms. The van der Waals surface area contributed by atoms with Crippen molar-refractivity contribution in [3.05, 3.63) is 83.3 Å². The van der Waals surface area contributed by atoms with Gasteiger partial charge in [-0.3, -0.25) is 5.43 Å². The maximum absolute atomic E-state index is 13.3. The molecule has 3 aromatic rings. The van der Waals surface area contributed by atoms with Gasteiger partial charge in [0.25, 0.3) is 0 Å². The van der Waals surface area contributed by atoms with Crippen LogP contribution in [0.5, 0.6) is 0 Å². The highest BCUT2D eigenvalue weighted by molar-refractivity contribution is 5.81. The van der Waals surface area contributed by atoms with Crippen LogP contribution in [0.1, 0.15) is 22.9 Å². The molecule has 8 heteroatoms. The monoisotopic (exact) mass is 399 g/mol. The molecule has 1 fully saturated rings. The van der Waals surface area contributed by atoms with Gasteiger partial charge in [0.1, 0.15) is 35.0 Å². The van der Waals surface area contributed by atoms with Gasteiger partial charge in [0.2, 0.25) is 0 Å². The van der Waals surface area contributed by atoms with Gasteiger partial charge in [0.05, 0.1) is 17.3 Å². The summed E-state index contributed by atoms with van der Waals surface area (Å²) < 4.78 is 14.7. The third kappa shape index (κ3) is 3.53. The van der Waals surface area contributed by atoms with Crippen molar-refractivity contribution in [1.29, 1.82) is 10.5 Å². The Labute approximate surface area is 172 Å². The number of nitrogen functional groups attached to an aromatic ring is 1. The molecule has 4 rings (SSSR count). The summed E-state index contributed by atoms with van der Waals surface area (Å²) in [5.41, 5.74) is 14.6. The third-order valence-electron chi connectivity index (χ3n) is 5.04. The number of rotatable bonds is 4. The normalized spacial score (nSPS) is 18.7. The Morgan fingerprint density at radius 3 is 2.57 bits per heavy atom. The lowest BCUT2D eigenvalue weighted by Crippen LogP contribution is -2.24. The van der Waals surface area contributed by atoms with Gasteiger partial charge in [0, 0.05) is 12.5 Å². The third-order valence-corrected chi connectivity index (χ3v) is 5.04. The molecule has 0 aliphatic carbocycles. The molecule has 0 spiro atoms. The molecule has 0 amide bonds. The van der Waals surface area contributed by atoms with Crippen LogP contribution in [0.4, 0.5) is 10.2 Å². The van der Waals surface area contributed by atoms with E-state index >= 15 is 0 Å². The molecule has 0 radical (unpaired) electrons. The Kier molecular flexibility index (Phi) is 5.27. The van der Waals surface area contributed by atoms with Crippen molar-refractivity contribution in [1.82, 2.24) is 20.6 Å². The fourth-order valence-corrected chi connectivity index (χ4v) is 3.55. The van der Waals surface area contributed by atoms with Gasteiger partial charge >= 0.3 is 0 Å². The van der Waals surface area contributed by atoms with Crippen molar-refractivity contribution in [3.8, 4) is 17.8 Å². The van der Waals surface area contributed by atoms with E-state index < -0.39 is 0 Å². The number of nitrogens with zero attached hydrogens (tertiary/aromatic N) is 4. The molecule has 4 N–H and O–H groups in total. The molecule has 2 unspecified atom stereocenters. The van der Waals surface area contributed by atoms with Gasteiger partial charge in [0.15, 0.2) is 0 Å². The number of hydrazine groups is 1. The molecule has 7 nitrogen and oxygen atoms in total. The SMILES string of the molecule is N#C/C(=C\C1CNNC1c1ccc(F)cc1)c1nn(-c2ccccc2)c(N)c1C#N. The average Bonchev–Trinajstić information content (AvgIpc) is 3.37. The van der Waals surface area contributed by atoms with E-state index in [1.165, 1.54) is 16.8 Å². The fraction of sp³-hybridized carbons (Fsp3) is 0.136. The summed E-state index contributed by atoms with van der Waals surface area (Å²) in [7, 11) is 0. The van der Waals surface area contributed by atoms with Crippen LogP contribution in [0, 0.1) is 34.4 Å². The van der Waals surface area contributed by atoms with E-state index in [0.29, 0.717) is 12.2 Å². The number of para-hydroxylation sites is 1. The van der Waals surface area contributed by atoms with E-state index in [9.17, 15) is 14.9 Å². The van der Waals surface area contributed by atoms with E-state index in [1.807, 2.05) is 30.3 Å². The quantitative estimate of drug-likeness (QED) is 0.581. The van der Waals surface area contributed by atoms with Crippen LogP contribution in [-0.2, 0) is 0 Å². The topological polar surface area (TPSA) is 115 Å². The second-order valence-corrected chi connectivity index (χ2v) is 6.88. The standard InChI is InChI=1S/C22H18FN7/c23-17-8-6-14(7-9-17)20-16(13-27-28-20)10-15(11-24)21-19(12-25)22(26)30(29-21)18-4-2-1-3-5-18/h1-10,16,20,27-28H,13,26H2/b15-10+. The fourth-order valence-electron chi connectivity index (χ4n) is 3.55. The molecule has 0 saturated carbocycles. The number of allylic oxidation sites excluding steroid dienone is 1. The molecule has 1 saturated heterocycles. The van der Waals surface area contributed by atoms with Crippen LogP contribution in [0.25, 0.3) is 11.3 Å². The maximum atomic E-state index is 13.3. The van der Waals surface area contributed by atoms with Gasteiger partial charge in [-0.15, -0.1) is 0 Å². The van der Waals surface area contributed by atoms with Crippen molar-refractivity contribution < 1.29 is 4.39 Å². The number of benzene rings is 2. The minimum Gasteiger partial charge on any atom is -0.382 e. The Balaban J connectivity index is 1.74. The van der Waals surface area contributed by atoms with Crippen molar-refractivity contribution in [2.45, 2.75) is 6.04 Å². The zero-order chi connectivity index (χ0) is 21.1. The van der Waals surface area contributed by atoms with E-state index in [-0.39, 0.29) is 40.4 Å². The average molecular weight is 399 g/mol. The summed E-state index contributed by atoms with van der Waals surface area (Å²) in [6.45, 7) is 0.560. The van der Waals surface area contributed by atoms with Crippen LogP contribution in [-0.4, -0.2) is 16.3 Å². The number of halogens is 1. The molecule has 1 aliphatic rings. The van der Waals surface area contributed by atoms with E-state index in [1.54, 1.807) is 18.2 Å². The van der Waals surface area contributed by atoms with Crippen molar-refractivity contribution in [2.75, 3.05) is 12.3 Å². The minimum atomic E-state index is -0.310. The van der Waals surface area contributed by atoms with Crippen LogP contribution in [0.2, 0.25) is 0 Å². The molecular formula is C22H18FN7.